The van der Waals surface area contributed by atoms with Crippen molar-refractivity contribution >= 4 is 17.7 Å². The summed E-state index contributed by atoms with van der Waals surface area (Å²) in [5.41, 5.74) is 2.33. The Morgan fingerprint density at radius 3 is 2.53 bits per heavy atom. The molecule has 0 amide bonds. The molecule has 0 heterocycles. The molecule has 17 heavy (non-hydrogen) atoms. The van der Waals surface area contributed by atoms with Gasteiger partial charge in [0.25, 0.3) is 0 Å². The van der Waals surface area contributed by atoms with Gasteiger partial charge in [0.05, 0.1) is 5.92 Å². The molecular formula is C14H20O2S. The molecule has 1 aromatic carbocycles. The quantitative estimate of drug-likeness (QED) is 0.756. The van der Waals surface area contributed by atoms with E-state index in [1.54, 1.807) is 11.8 Å². The number of carboxylic acid groups (broad SMARTS) is 1. The van der Waals surface area contributed by atoms with Gasteiger partial charge in [-0.2, -0.15) is 11.8 Å². The summed E-state index contributed by atoms with van der Waals surface area (Å²) in [4.78, 5) is 11.2. The molecule has 0 aliphatic heterocycles. The zero-order chi connectivity index (χ0) is 12.7. The van der Waals surface area contributed by atoms with Crippen molar-refractivity contribution in [3.63, 3.8) is 0 Å². The van der Waals surface area contributed by atoms with Crippen molar-refractivity contribution < 1.29 is 9.90 Å². The molecule has 3 heteroatoms. The predicted molar refractivity (Wildman–Crippen MR) is 73.6 cm³/mol. The average Bonchev–Trinajstić information content (AvgIpc) is 2.30. The Hall–Kier alpha value is -0.960. The molecule has 94 valence electrons. The fraction of sp³-hybridized carbons (Fsp3) is 0.500. The number of carboxylic acids is 1. The lowest BCUT2D eigenvalue weighted by Crippen LogP contribution is -2.17. The fourth-order valence-corrected chi connectivity index (χ4v) is 2.43. The molecule has 1 N–H and O–H groups in total. The van der Waals surface area contributed by atoms with Gasteiger partial charge < -0.3 is 5.11 Å². The number of benzene rings is 1. The molecule has 1 unspecified atom stereocenters. The van der Waals surface area contributed by atoms with Crippen LogP contribution in [0.15, 0.2) is 24.3 Å². The third kappa shape index (κ3) is 5.26. The van der Waals surface area contributed by atoms with E-state index in [2.05, 4.69) is 6.92 Å². The number of aliphatic carboxylic acids is 1. The van der Waals surface area contributed by atoms with Crippen LogP contribution in [0.2, 0.25) is 0 Å². The summed E-state index contributed by atoms with van der Waals surface area (Å²) in [6.45, 7) is 4.14. The lowest BCUT2D eigenvalue weighted by molar-refractivity contribution is -0.141. The Labute approximate surface area is 107 Å². The van der Waals surface area contributed by atoms with Crippen LogP contribution in [0.25, 0.3) is 0 Å². The lowest BCUT2D eigenvalue weighted by Gasteiger charge is -2.12. The Morgan fingerprint density at radius 2 is 2.00 bits per heavy atom. The summed E-state index contributed by atoms with van der Waals surface area (Å²) >= 11 is 1.80. The Kier molecular flexibility index (Phi) is 6.12. The van der Waals surface area contributed by atoms with Crippen LogP contribution in [0.5, 0.6) is 0 Å². The van der Waals surface area contributed by atoms with Gasteiger partial charge >= 0.3 is 5.97 Å². The first-order valence-electron chi connectivity index (χ1n) is 5.99. The van der Waals surface area contributed by atoms with Crippen LogP contribution in [-0.2, 0) is 11.2 Å². The maximum Gasteiger partial charge on any atom is 0.306 e. The maximum atomic E-state index is 11.2. The number of carbonyl (C=O) groups is 1. The third-order valence-corrected chi connectivity index (χ3v) is 3.70. The van der Waals surface area contributed by atoms with Crippen LogP contribution >= 0.6 is 11.8 Å². The van der Waals surface area contributed by atoms with Crippen molar-refractivity contribution in [1.29, 1.82) is 0 Å². The Bertz CT molecular complexity index is 346. The monoisotopic (exact) mass is 252 g/mol. The van der Waals surface area contributed by atoms with Gasteiger partial charge in [0.15, 0.2) is 0 Å². The Balaban J connectivity index is 2.54. The highest BCUT2D eigenvalue weighted by Gasteiger charge is 2.17. The zero-order valence-electron chi connectivity index (χ0n) is 10.5. The molecule has 0 spiro atoms. The minimum absolute atomic E-state index is 0.253. The topological polar surface area (TPSA) is 37.3 Å². The van der Waals surface area contributed by atoms with Gasteiger partial charge in [0, 0.05) is 0 Å². The van der Waals surface area contributed by atoms with Gasteiger partial charge in [-0.25, -0.2) is 0 Å². The van der Waals surface area contributed by atoms with Crippen LogP contribution in [0.4, 0.5) is 0 Å². The van der Waals surface area contributed by atoms with E-state index in [0.717, 1.165) is 23.5 Å². The van der Waals surface area contributed by atoms with Crippen molar-refractivity contribution in [2.24, 2.45) is 5.92 Å². The minimum atomic E-state index is -0.678. The molecule has 0 bridgehead atoms. The fourth-order valence-electron chi connectivity index (χ4n) is 1.69. The SMILES string of the molecule is CCSCCC(Cc1ccc(C)cc1)C(=O)O. The first kappa shape index (κ1) is 14.1. The second-order valence-corrected chi connectivity index (χ2v) is 5.60. The summed E-state index contributed by atoms with van der Waals surface area (Å²) in [7, 11) is 0. The second-order valence-electron chi connectivity index (χ2n) is 4.21. The highest BCUT2D eigenvalue weighted by molar-refractivity contribution is 7.99. The molecule has 0 aliphatic carbocycles. The molecule has 0 aromatic heterocycles. The molecule has 1 aromatic rings. The summed E-state index contributed by atoms with van der Waals surface area (Å²) in [6.07, 6.45) is 1.39. The van der Waals surface area contributed by atoms with Crippen LogP contribution in [0, 0.1) is 12.8 Å². The van der Waals surface area contributed by atoms with Crippen molar-refractivity contribution in [2.45, 2.75) is 26.7 Å². The standard InChI is InChI=1S/C14H20O2S/c1-3-17-9-8-13(14(15)16)10-12-6-4-11(2)5-7-12/h4-7,13H,3,8-10H2,1-2H3,(H,15,16). The minimum Gasteiger partial charge on any atom is -0.481 e. The summed E-state index contributed by atoms with van der Waals surface area (Å²) in [6, 6.07) is 8.13. The summed E-state index contributed by atoms with van der Waals surface area (Å²) < 4.78 is 0. The van der Waals surface area contributed by atoms with Crippen molar-refractivity contribution in [3.8, 4) is 0 Å². The van der Waals surface area contributed by atoms with Gasteiger partial charge in [0.2, 0.25) is 0 Å². The summed E-state index contributed by atoms with van der Waals surface area (Å²) in [5.74, 6) is 1.05. The van der Waals surface area contributed by atoms with E-state index in [1.165, 1.54) is 5.56 Å². The third-order valence-electron chi connectivity index (χ3n) is 2.77. The van der Waals surface area contributed by atoms with E-state index in [-0.39, 0.29) is 5.92 Å². The molecular weight excluding hydrogens is 232 g/mol. The summed E-state index contributed by atoms with van der Waals surface area (Å²) in [5, 5.41) is 9.18. The molecule has 0 aliphatic rings. The number of rotatable bonds is 7. The van der Waals surface area contributed by atoms with E-state index in [1.807, 2.05) is 31.2 Å². The number of aryl methyl sites for hydroxylation is 1. The average molecular weight is 252 g/mol. The van der Waals surface area contributed by atoms with Crippen molar-refractivity contribution in [1.82, 2.24) is 0 Å². The van der Waals surface area contributed by atoms with Gasteiger partial charge in [0.1, 0.15) is 0 Å². The number of hydrogen-bond donors (Lipinski definition) is 1. The Morgan fingerprint density at radius 1 is 1.35 bits per heavy atom. The number of hydrogen-bond acceptors (Lipinski definition) is 2. The normalized spacial score (nSPS) is 12.4. The van der Waals surface area contributed by atoms with E-state index in [0.29, 0.717) is 6.42 Å². The highest BCUT2D eigenvalue weighted by atomic mass is 32.2. The molecule has 0 radical (unpaired) electrons. The largest absolute Gasteiger partial charge is 0.481 e. The molecule has 0 saturated carbocycles. The molecule has 1 rings (SSSR count). The van der Waals surface area contributed by atoms with Crippen molar-refractivity contribution in [2.75, 3.05) is 11.5 Å². The van der Waals surface area contributed by atoms with E-state index < -0.39 is 5.97 Å². The molecule has 1 atom stereocenters. The smallest absolute Gasteiger partial charge is 0.306 e. The van der Waals surface area contributed by atoms with E-state index in [4.69, 9.17) is 0 Å². The van der Waals surface area contributed by atoms with Crippen LogP contribution in [-0.4, -0.2) is 22.6 Å². The first-order valence-corrected chi connectivity index (χ1v) is 7.15. The maximum absolute atomic E-state index is 11.2. The van der Waals surface area contributed by atoms with E-state index in [9.17, 15) is 9.90 Å². The predicted octanol–water partition coefficient (Wildman–Crippen LogP) is 3.38. The van der Waals surface area contributed by atoms with Crippen LogP contribution in [0.1, 0.15) is 24.5 Å². The van der Waals surface area contributed by atoms with E-state index >= 15 is 0 Å². The van der Waals surface area contributed by atoms with Crippen LogP contribution < -0.4 is 0 Å². The van der Waals surface area contributed by atoms with Crippen molar-refractivity contribution in [3.05, 3.63) is 35.4 Å². The molecule has 0 saturated heterocycles. The lowest BCUT2D eigenvalue weighted by atomic mass is 9.96. The highest BCUT2D eigenvalue weighted by Crippen LogP contribution is 2.16. The van der Waals surface area contributed by atoms with Gasteiger partial charge in [-0.15, -0.1) is 0 Å². The van der Waals surface area contributed by atoms with Crippen LogP contribution in [0.3, 0.4) is 0 Å². The van der Waals surface area contributed by atoms with Gasteiger partial charge in [-0.3, -0.25) is 4.79 Å². The molecule has 2 nitrogen and oxygen atoms in total. The molecule has 0 fully saturated rings. The zero-order valence-corrected chi connectivity index (χ0v) is 11.3. The van der Waals surface area contributed by atoms with Gasteiger partial charge in [-0.1, -0.05) is 36.8 Å². The number of thioether (sulfide) groups is 1. The van der Waals surface area contributed by atoms with Gasteiger partial charge in [-0.05, 0) is 36.8 Å². The second kappa shape index (κ2) is 7.38. The first-order chi connectivity index (χ1) is 8.13.